The Morgan fingerprint density at radius 1 is 1.08 bits per heavy atom. The second-order valence-electron chi connectivity index (χ2n) is 5.34. The Morgan fingerprint density at radius 2 is 1.80 bits per heavy atom. The highest BCUT2D eigenvalue weighted by Gasteiger charge is 2.17. The normalized spacial score (nSPS) is 10.3. The van der Waals surface area contributed by atoms with E-state index in [1.54, 1.807) is 24.3 Å². The highest BCUT2D eigenvalue weighted by Crippen LogP contribution is 2.17. The SMILES string of the molecule is COC(=O)c1ccccc1NC(=O)c1ncn(-c2ccc(C)cc2)n1. The molecule has 0 unspecified atom stereocenters. The lowest BCUT2D eigenvalue weighted by molar-refractivity contribution is 0.0602. The summed E-state index contributed by atoms with van der Waals surface area (Å²) in [4.78, 5) is 28.2. The molecule has 7 nitrogen and oxygen atoms in total. The van der Waals surface area contributed by atoms with Gasteiger partial charge in [0, 0.05) is 0 Å². The van der Waals surface area contributed by atoms with Gasteiger partial charge < -0.3 is 10.1 Å². The van der Waals surface area contributed by atoms with Crippen LogP contribution in [0.1, 0.15) is 26.5 Å². The molecule has 0 spiro atoms. The zero-order valence-electron chi connectivity index (χ0n) is 13.8. The molecule has 126 valence electrons. The molecule has 3 rings (SSSR count). The fourth-order valence-corrected chi connectivity index (χ4v) is 2.25. The van der Waals surface area contributed by atoms with Crippen LogP contribution in [0.5, 0.6) is 0 Å². The number of aromatic nitrogens is 3. The lowest BCUT2D eigenvalue weighted by Crippen LogP contribution is -2.17. The summed E-state index contributed by atoms with van der Waals surface area (Å²) in [6.45, 7) is 1.99. The van der Waals surface area contributed by atoms with Crippen molar-refractivity contribution in [3.63, 3.8) is 0 Å². The van der Waals surface area contributed by atoms with Crippen LogP contribution in [0.3, 0.4) is 0 Å². The first kappa shape index (κ1) is 16.4. The Labute approximate surface area is 144 Å². The van der Waals surface area contributed by atoms with Crippen molar-refractivity contribution in [3.8, 4) is 5.69 Å². The van der Waals surface area contributed by atoms with Gasteiger partial charge in [-0.1, -0.05) is 29.8 Å². The molecule has 1 N–H and O–H groups in total. The van der Waals surface area contributed by atoms with Gasteiger partial charge in [-0.2, -0.15) is 0 Å². The first-order valence-corrected chi connectivity index (χ1v) is 7.56. The number of amides is 1. The van der Waals surface area contributed by atoms with E-state index in [1.165, 1.54) is 18.1 Å². The van der Waals surface area contributed by atoms with Crippen LogP contribution in [0.25, 0.3) is 5.69 Å². The van der Waals surface area contributed by atoms with Crippen LogP contribution in [0, 0.1) is 6.92 Å². The smallest absolute Gasteiger partial charge is 0.339 e. The van der Waals surface area contributed by atoms with Crippen molar-refractivity contribution in [2.24, 2.45) is 0 Å². The van der Waals surface area contributed by atoms with E-state index < -0.39 is 11.9 Å². The standard InChI is InChI=1S/C18H16N4O3/c1-12-7-9-13(10-8-12)22-11-19-16(21-22)17(23)20-15-6-4-3-5-14(15)18(24)25-2/h3-11H,1-2H3,(H,20,23). The molecule has 1 heterocycles. The van der Waals surface area contributed by atoms with Crippen molar-refractivity contribution in [1.82, 2.24) is 14.8 Å². The van der Waals surface area contributed by atoms with Crippen molar-refractivity contribution in [2.45, 2.75) is 6.92 Å². The van der Waals surface area contributed by atoms with E-state index in [-0.39, 0.29) is 11.4 Å². The highest BCUT2D eigenvalue weighted by atomic mass is 16.5. The molecule has 0 bridgehead atoms. The Kier molecular flexibility index (Phi) is 4.56. The van der Waals surface area contributed by atoms with Gasteiger partial charge in [-0.05, 0) is 31.2 Å². The molecule has 0 aliphatic carbocycles. The number of esters is 1. The molecule has 0 fully saturated rings. The van der Waals surface area contributed by atoms with Crippen molar-refractivity contribution >= 4 is 17.6 Å². The average molecular weight is 336 g/mol. The molecule has 0 saturated carbocycles. The van der Waals surface area contributed by atoms with Crippen LogP contribution in [0.15, 0.2) is 54.9 Å². The Hall–Kier alpha value is -3.48. The fraction of sp³-hybridized carbons (Fsp3) is 0.111. The summed E-state index contributed by atoms with van der Waals surface area (Å²) in [5.41, 5.74) is 2.52. The van der Waals surface area contributed by atoms with E-state index in [0.29, 0.717) is 5.69 Å². The van der Waals surface area contributed by atoms with E-state index in [9.17, 15) is 9.59 Å². The van der Waals surface area contributed by atoms with Crippen molar-refractivity contribution in [3.05, 3.63) is 71.8 Å². The number of anilines is 1. The van der Waals surface area contributed by atoms with Crippen LogP contribution in [-0.2, 0) is 4.74 Å². The quantitative estimate of drug-likeness (QED) is 0.740. The Bertz CT molecular complexity index is 916. The van der Waals surface area contributed by atoms with Gasteiger partial charge in [0.05, 0.1) is 24.0 Å². The molecule has 3 aromatic rings. The molecule has 0 atom stereocenters. The first-order valence-electron chi connectivity index (χ1n) is 7.56. The molecule has 1 aromatic heterocycles. The van der Waals surface area contributed by atoms with Crippen LogP contribution in [0.2, 0.25) is 0 Å². The third kappa shape index (κ3) is 3.55. The number of para-hydroxylation sites is 1. The molecule has 0 radical (unpaired) electrons. The number of nitrogens with zero attached hydrogens (tertiary/aromatic N) is 3. The molecular formula is C18H16N4O3. The molecule has 2 aromatic carbocycles. The van der Waals surface area contributed by atoms with Gasteiger partial charge in [-0.3, -0.25) is 4.79 Å². The second-order valence-corrected chi connectivity index (χ2v) is 5.34. The number of rotatable bonds is 4. The van der Waals surface area contributed by atoms with Gasteiger partial charge in [-0.15, -0.1) is 5.10 Å². The number of ether oxygens (including phenoxy) is 1. The van der Waals surface area contributed by atoms with Gasteiger partial charge in [0.15, 0.2) is 0 Å². The van der Waals surface area contributed by atoms with Crippen LogP contribution in [0.4, 0.5) is 5.69 Å². The number of nitrogens with one attached hydrogen (secondary N) is 1. The molecule has 0 aliphatic heterocycles. The van der Waals surface area contributed by atoms with Crippen molar-refractivity contribution < 1.29 is 14.3 Å². The summed E-state index contributed by atoms with van der Waals surface area (Å²) in [7, 11) is 1.28. The number of benzene rings is 2. The van der Waals surface area contributed by atoms with Gasteiger partial charge in [0.2, 0.25) is 5.82 Å². The molecule has 0 aliphatic rings. The van der Waals surface area contributed by atoms with Gasteiger partial charge in [-0.25, -0.2) is 14.5 Å². The van der Waals surface area contributed by atoms with Crippen LogP contribution >= 0.6 is 0 Å². The number of carbonyl (C=O) groups is 2. The molecule has 25 heavy (non-hydrogen) atoms. The summed E-state index contributed by atoms with van der Waals surface area (Å²) < 4.78 is 6.22. The van der Waals surface area contributed by atoms with E-state index >= 15 is 0 Å². The van der Waals surface area contributed by atoms with E-state index in [2.05, 4.69) is 15.4 Å². The Balaban J connectivity index is 1.81. The van der Waals surface area contributed by atoms with Gasteiger partial charge >= 0.3 is 5.97 Å². The number of hydrogen-bond acceptors (Lipinski definition) is 5. The largest absolute Gasteiger partial charge is 0.465 e. The third-order valence-corrected chi connectivity index (χ3v) is 3.57. The molecule has 7 heteroatoms. The number of hydrogen-bond donors (Lipinski definition) is 1. The van der Waals surface area contributed by atoms with E-state index in [0.717, 1.165) is 11.3 Å². The van der Waals surface area contributed by atoms with Gasteiger partial charge in [0.25, 0.3) is 5.91 Å². The second kappa shape index (κ2) is 6.96. The summed E-state index contributed by atoms with van der Waals surface area (Å²) in [6.07, 6.45) is 1.46. The number of aryl methyl sites for hydroxylation is 1. The summed E-state index contributed by atoms with van der Waals surface area (Å²) in [5, 5.41) is 6.82. The van der Waals surface area contributed by atoms with Crippen molar-refractivity contribution in [2.75, 3.05) is 12.4 Å². The third-order valence-electron chi connectivity index (χ3n) is 3.57. The predicted octanol–water partition coefficient (Wildman–Crippen LogP) is 2.61. The number of methoxy groups -OCH3 is 1. The topological polar surface area (TPSA) is 86.1 Å². The maximum absolute atomic E-state index is 12.4. The van der Waals surface area contributed by atoms with E-state index in [4.69, 9.17) is 4.74 Å². The molecule has 0 saturated heterocycles. The maximum Gasteiger partial charge on any atom is 0.339 e. The van der Waals surface area contributed by atoms with Crippen molar-refractivity contribution in [1.29, 1.82) is 0 Å². The van der Waals surface area contributed by atoms with Crippen LogP contribution < -0.4 is 5.32 Å². The summed E-state index contributed by atoms with van der Waals surface area (Å²) >= 11 is 0. The Morgan fingerprint density at radius 3 is 2.52 bits per heavy atom. The minimum atomic E-state index is -0.533. The molecular weight excluding hydrogens is 320 g/mol. The van der Waals surface area contributed by atoms with Gasteiger partial charge in [0.1, 0.15) is 6.33 Å². The number of carbonyl (C=O) groups excluding carboxylic acids is 2. The lowest BCUT2D eigenvalue weighted by atomic mass is 10.2. The fourth-order valence-electron chi connectivity index (χ4n) is 2.25. The molecule has 1 amide bonds. The first-order chi connectivity index (χ1) is 12.1. The average Bonchev–Trinajstić information content (AvgIpc) is 3.12. The highest BCUT2D eigenvalue weighted by molar-refractivity contribution is 6.06. The maximum atomic E-state index is 12.4. The zero-order chi connectivity index (χ0) is 17.8. The van der Waals surface area contributed by atoms with E-state index in [1.807, 2.05) is 31.2 Å². The zero-order valence-corrected chi connectivity index (χ0v) is 13.8. The summed E-state index contributed by atoms with van der Waals surface area (Å²) in [6, 6.07) is 14.2. The minimum Gasteiger partial charge on any atom is -0.465 e. The lowest BCUT2D eigenvalue weighted by Gasteiger charge is -2.07. The van der Waals surface area contributed by atoms with Crippen LogP contribution in [-0.4, -0.2) is 33.8 Å². The summed E-state index contributed by atoms with van der Waals surface area (Å²) in [5.74, 6) is -1.04. The monoisotopic (exact) mass is 336 g/mol. The minimum absolute atomic E-state index is 0.000226. The predicted molar refractivity (Wildman–Crippen MR) is 91.8 cm³/mol.